The lowest BCUT2D eigenvalue weighted by Crippen LogP contribution is -2.65. The van der Waals surface area contributed by atoms with E-state index < -0.39 is 10.8 Å². The average molecular weight is 595 g/mol. The Morgan fingerprint density at radius 3 is 2.14 bits per heavy atom. The molecule has 7 rings (SSSR count). The number of benzene rings is 1. The van der Waals surface area contributed by atoms with Crippen LogP contribution in [0.2, 0.25) is 0 Å². The molecule has 2 amide bonds. The van der Waals surface area contributed by atoms with Crippen LogP contribution in [0.3, 0.4) is 0 Å². The molecule has 0 bridgehead atoms. The normalized spacial score (nSPS) is 41.9. The second-order valence-corrected chi connectivity index (χ2v) is 17.2. The lowest BCUT2D eigenvalue weighted by molar-refractivity contribution is -0.191. The number of Topliss-reactive ketones (excluding diaryl/α,β-unsaturated/α-hetero) is 2. The minimum atomic E-state index is -0.642. The van der Waals surface area contributed by atoms with Crippen molar-refractivity contribution in [2.75, 3.05) is 6.54 Å². The first kappa shape index (κ1) is 29.6. The quantitative estimate of drug-likeness (QED) is 0.338. The summed E-state index contributed by atoms with van der Waals surface area (Å²) in [5.41, 5.74) is -0.0971. The third-order valence-electron chi connectivity index (χ3n) is 14.2. The Morgan fingerprint density at radius 1 is 0.841 bits per heavy atom. The molecule has 1 heterocycles. The third-order valence-corrected chi connectivity index (χ3v) is 14.2. The highest BCUT2D eigenvalue weighted by molar-refractivity contribution is 6.21. The first-order chi connectivity index (χ1) is 20.6. The molecule has 4 saturated carbocycles. The highest BCUT2D eigenvalue weighted by Crippen LogP contribution is 2.72. The van der Waals surface area contributed by atoms with Crippen LogP contribution in [0.15, 0.2) is 35.9 Å². The first-order valence-corrected chi connectivity index (χ1v) is 16.8. The van der Waals surface area contributed by atoms with Gasteiger partial charge in [0.25, 0.3) is 11.8 Å². The topological polar surface area (TPSA) is 95.3 Å². The van der Waals surface area contributed by atoms with Crippen LogP contribution in [-0.4, -0.2) is 34.8 Å². The Morgan fingerprint density at radius 2 is 1.50 bits per heavy atom. The minimum absolute atomic E-state index is 0.0638. The predicted molar refractivity (Wildman–Crippen MR) is 166 cm³/mol. The SMILES string of the molecule is CC1(C)CCC2(CN3C(=O)c4ccccc4C3=O)CCC3C(C(=O)CC4C5(C)C=C(C#N)C(=O)C(C)(C)C5CCC34C)C2C1. The van der Waals surface area contributed by atoms with Gasteiger partial charge in [0.2, 0.25) is 0 Å². The smallest absolute Gasteiger partial charge is 0.261 e. The summed E-state index contributed by atoms with van der Waals surface area (Å²) >= 11 is 0. The summed E-state index contributed by atoms with van der Waals surface area (Å²) in [6.45, 7) is 13.6. The van der Waals surface area contributed by atoms with Crippen molar-refractivity contribution in [3.05, 3.63) is 47.0 Å². The molecule has 1 aromatic rings. The van der Waals surface area contributed by atoms with Gasteiger partial charge in [0.1, 0.15) is 11.9 Å². The van der Waals surface area contributed by atoms with E-state index in [1.54, 1.807) is 12.1 Å². The molecule has 6 aliphatic rings. The van der Waals surface area contributed by atoms with Crippen molar-refractivity contribution in [1.82, 2.24) is 4.90 Å². The number of carbonyl (C=O) groups excluding carboxylic acids is 4. The van der Waals surface area contributed by atoms with E-state index in [0.717, 1.165) is 44.9 Å². The van der Waals surface area contributed by atoms with Gasteiger partial charge < -0.3 is 0 Å². The van der Waals surface area contributed by atoms with Gasteiger partial charge in [-0.2, -0.15) is 5.26 Å². The zero-order chi connectivity index (χ0) is 31.6. The Labute approximate surface area is 261 Å². The van der Waals surface area contributed by atoms with Crippen LogP contribution in [0.1, 0.15) is 114 Å². The molecule has 4 fully saturated rings. The number of nitrogens with zero attached hydrogens (tertiary/aromatic N) is 2. The highest BCUT2D eigenvalue weighted by atomic mass is 16.2. The number of allylic oxidation sites excluding steroid dienone is 2. The Kier molecular flexibility index (Phi) is 6.22. The van der Waals surface area contributed by atoms with Gasteiger partial charge in [0, 0.05) is 24.3 Å². The van der Waals surface area contributed by atoms with Gasteiger partial charge in [-0.3, -0.25) is 24.1 Å². The molecule has 0 aromatic heterocycles. The van der Waals surface area contributed by atoms with Gasteiger partial charge in [-0.05, 0) is 102 Å². The lowest BCUT2D eigenvalue weighted by atomic mass is 9.35. The molecule has 1 aliphatic heterocycles. The maximum Gasteiger partial charge on any atom is 0.261 e. The molecule has 0 saturated heterocycles. The summed E-state index contributed by atoms with van der Waals surface area (Å²) in [5, 5.41) is 9.96. The lowest BCUT2D eigenvalue weighted by Gasteiger charge is -2.68. The number of hydrogen-bond acceptors (Lipinski definition) is 5. The molecular formula is C38H46N2O4. The molecule has 1 aromatic carbocycles. The van der Waals surface area contributed by atoms with E-state index in [0.29, 0.717) is 29.9 Å². The number of fused-ring (bicyclic) bond motifs is 8. The highest BCUT2D eigenvalue weighted by Gasteiger charge is 2.68. The van der Waals surface area contributed by atoms with E-state index in [9.17, 15) is 24.4 Å². The van der Waals surface area contributed by atoms with Crippen LogP contribution in [0, 0.1) is 68.0 Å². The minimum Gasteiger partial charge on any atom is -0.299 e. The van der Waals surface area contributed by atoms with Crippen molar-refractivity contribution in [3.63, 3.8) is 0 Å². The van der Waals surface area contributed by atoms with Crippen molar-refractivity contribution in [3.8, 4) is 6.07 Å². The number of nitriles is 1. The van der Waals surface area contributed by atoms with E-state index in [-0.39, 0.29) is 69.0 Å². The standard InChI is InChI=1S/C38H46N2O4/c1-34(2)15-16-38(21-40-32(43)23-9-7-8-10-24(23)33(40)44)14-11-25-30(26(38)19-34)27(41)17-29-36(25,5)13-12-28-35(3,4)31(42)22(20-39)18-37(28,29)6/h7-10,18,25-26,28-30H,11-17,19,21H2,1-6H3. The number of rotatable bonds is 2. The predicted octanol–water partition coefficient (Wildman–Crippen LogP) is 7.19. The zero-order valence-corrected chi connectivity index (χ0v) is 27.2. The van der Waals surface area contributed by atoms with Crippen molar-refractivity contribution >= 4 is 23.4 Å². The fraction of sp³-hybridized carbons (Fsp3) is 0.658. The largest absolute Gasteiger partial charge is 0.299 e. The summed E-state index contributed by atoms with van der Waals surface area (Å²) in [7, 11) is 0. The number of imide groups is 1. The molecule has 6 nitrogen and oxygen atoms in total. The third kappa shape index (κ3) is 3.77. The number of amides is 2. The van der Waals surface area contributed by atoms with E-state index >= 15 is 0 Å². The molecule has 0 radical (unpaired) electrons. The van der Waals surface area contributed by atoms with Gasteiger partial charge in [0.05, 0.1) is 16.7 Å². The molecule has 0 N–H and O–H groups in total. The van der Waals surface area contributed by atoms with Gasteiger partial charge >= 0.3 is 0 Å². The number of ketones is 2. The monoisotopic (exact) mass is 594 g/mol. The molecule has 8 atom stereocenters. The summed E-state index contributed by atoms with van der Waals surface area (Å²) in [6.07, 6.45) is 8.96. The zero-order valence-electron chi connectivity index (χ0n) is 27.2. The van der Waals surface area contributed by atoms with Crippen molar-refractivity contribution in [2.24, 2.45) is 56.7 Å². The molecule has 44 heavy (non-hydrogen) atoms. The second-order valence-electron chi connectivity index (χ2n) is 17.2. The molecule has 0 spiro atoms. The van der Waals surface area contributed by atoms with Crippen molar-refractivity contribution < 1.29 is 19.2 Å². The molecule has 6 heteroatoms. The van der Waals surface area contributed by atoms with Gasteiger partial charge in [-0.1, -0.05) is 59.8 Å². The molecule has 5 aliphatic carbocycles. The Hall–Kier alpha value is -3.07. The second kappa shape index (κ2) is 9.24. The molecular weight excluding hydrogens is 548 g/mol. The van der Waals surface area contributed by atoms with Gasteiger partial charge in [-0.15, -0.1) is 0 Å². The summed E-state index contributed by atoms with van der Waals surface area (Å²) in [4.78, 5) is 56.6. The summed E-state index contributed by atoms with van der Waals surface area (Å²) < 4.78 is 0. The number of carbonyl (C=O) groups is 4. The maximum absolute atomic E-state index is 14.7. The van der Waals surface area contributed by atoms with Gasteiger partial charge in [-0.25, -0.2) is 0 Å². The fourth-order valence-corrected chi connectivity index (χ4v) is 12.0. The van der Waals surface area contributed by atoms with Crippen LogP contribution >= 0.6 is 0 Å². The van der Waals surface area contributed by atoms with E-state index in [4.69, 9.17) is 0 Å². The Balaban J connectivity index is 1.27. The molecule has 8 unspecified atom stereocenters. The van der Waals surface area contributed by atoms with Crippen molar-refractivity contribution in [1.29, 1.82) is 5.26 Å². The fourth-order valence-electron chi connectivity index (χ4n) is 12.0. The first-order valence-electron chi connectivity index (χ1n) is 16.8. The van der Waals surface area contributed by atoms with Crippen LogP contribution in [0.5, 0.6) is 0 Å². The Bertz CT molecular complexity index is 1540. The van der Waals surface area contributed by atoms with E-state index in [1.807, 2.05) is 32.1 Å². The molecule has 232 valence electrons. The van der Waals surface area contributed by atoms with Crippen LogP contribution in [-0.2, 0) is 9.59 Å². The van der Waals surface area contributed by atoms with Crippen LogP contribution < -0.4 is 0 Å². The van der Waals surface area contributed by atoms with Crippen LogP contribution in [0.25, 0.3) is 0 Å². The van der Waals surface area contributed by atoms with E-state index in [2.05, 4.69) is 33.8 Å². The van der Waals surface area contributed by atoms with Crippen molar-refractivity contribution in [2.45, 2.75) is 92.9 Å². The number of hydrogen-bond donors (Lipinski definition) is 0. The van der Waals surface area contributed by atoms with Gasteiger partial charge in [0.15, 0.2) is 5.78 Å². The average Bonchev–Trinajstić information content (AvgIpc) is 3.20. The van der Waals surface area contributed by atoms with Crippen LogP contribution in [0.4, 0.5) is 0 Å². The summed E-state index contributed by atoms with van der Waals surface area (Å²) in [6, 6.07) is 9.34. The van der Waals surface area contributed by atoms with E-state index in [1.165, 1.54) is 4.90 Å². The maximum atomic E-state index is 14.7. The summed E-state index contributed by atoms with van der Waals surface area (Å²) in [5.74, 6) is 0.228.